The van der Waals surface area contributed by atoms with Crippen LogP contribution in [-0.4, -0.2) is 35.9 Å². The van der Waals surface area contributed by atoms with Crippen LogP contribution in [0.15, 0.2) is 59.6 Å². The fraction of sp³-hybridized carbons (Fsp3) is 0.440. The van der Waals surface area contributed by atoms with Gasteiger partial charge in [-0.2, -0.15) is 0 Å². The van der Waals surface area contributed by atoms with Crippen molar-refractivity contribution in [2.75, 3.05) is 13.1 Å². The molecule has 2 aromatic carbocycles. The fourth-order valence-corrected chi connectivity index (χ4v) is 3.67. The molecule has 5 nitrogen and oxygen atoms in total. The number of carbonyl (C=O) groups is 1. The second kappa shape index (κ2) is 11.4. The lowest BCUT2D eigenvalue weighted by Gasteiger charge is -2.18. The summed E-state index contributed by atoms with van der Waals surface area (Å²) >= 11 is 0. The number of hydrogen-bond donors (Lipinski definition) is 2. The third kappa shape index (κ3) is 6.90. The molecule has 0 radical (unpaired) electrons. The second-order valence-corrected chi connectivity index (χ2v) is 8.00. The van der Waals surface area contributed by atoms with Crippen LogP contribution >= 0.6 is 0 Å². The topological polar surface area (TPSA) is 56.7 Å². The van der Waals surface area contributed by atoms with Crippen molar-refractivity contribution in [1.82, 2.24) is 15.5 Å². The first-order valence-corrected chi connectivity index (χ1v) is 11.1. The standard InChI is InChI=1S/C25H34N4O/c1-3-26-25(28-20(2)11-12-21-8-5-4-6-9-21)27-18-22-13-15-23(16-14-22)19-29-17-7-10-24(29)30/h4-6,8-9,13-16,20H,3,7,10-12,17-19H2,1-2H3,(H2,26,27,28). The number of aryl methyl sites for hydroxylation is 1. The van der Waals surface area contributed by atoms with Gasteiger partial charge in [-0.15, -0.1) is 0 Å². The Morgan fingerprint density at radius 1 is 1.07 bits per heavy atom. The molecule has 2 N–H and O–H groups in total. The lowest BCUT2D eigenvalue weighted by molar-refractivity contribution is -0.128. The predicted molar refractivity (Wildman–Crippen MR) is 123 cm³/mol. The Hall–Kier alpha value is -2.82. The maximum atomic E-state index is 11.8. The Labute approximate surface area is 180 Å². The molecule has 1 aliphatic rings. The number of benzene rings is 2. The summed E-state index contributed by atoms with van der Waals surface area (Å²) in [6.07, 6.45) is 3.78. The van der Waals surface area contributed by atoms with E-state index in [1.165, 1.54) is 16.7 Å². The van der Waals surface area contributed by atoms with Crippen molar-refractivity contribution in [3.05, 3.63) is 71.3 Å². The van der Waals surface area contributed by atoms with E-state index in [9.17, 15) is 4.79 Å². The summed E-state index contributed by atoms with van der Waals surface area (Å²) in [6, 6.07) is 19.4. The average molecular weight is 407 g/mol. The zero-order chi connectivity index (χ0) is 21.2. The summed E-state index contributed by atoms with van der Waals surface area (Å²) in [5.41, 5.74) is 3.71. The zero-order valence-electron chi connectivity index (χ0n) is 18.2. The molecular formula is C25H34N4O. The van der Waals surface area contributed by atoms with E-state index in [-0.39, 0.29) is 5.91 Å². The quantitative estimate of drug-likeness (QED) is 0.491. The average Bonchev–Trinajstić information content (AvgIpc) is 3.17. The van der Waals surface area contributed by atoms with Crippen LogP contribution in [-0.2, 0) is 24.3 Å². The van der Waals surface area contributed by atoms with E-state index in [1.54, 1.807) is 0 Å². The largest absolute Gasteiger partial charge is 0.357 e. The maximum absolute atomic E-state index is 11.8. The molecule has 1 saturated heterocycles. The highest BCUT2D eigenvalue weighted by Crippen LogP contribution is 2.15. The van der Waals surface area contributed by atoms with Gasteiger partial charge in [0, 0.05) is 32.1 Å². The molecule has 1 unspecified atom stereocenters. The van der Waals surface area contributed by atoms with Gasteiger partial charge in [-0.05, 0) is 49.8 Å². The molecule has 0 aliphatic carbocycles. The molecular weight excluding hydrogens is 372 g/mol. The molecule has 0 aromatic heterocycles. The van der Waals surface area contributed by atoms with Gasteiger partial charge in [0.1, 0.15) is 0 Å². The van der Waals surface area contributed by atoms with Gasteiger partial charge in [0.25, 0.3) is 0 Å². The lowest BCUT2D eigenvalue weighted by atomic mass is 10.1. The van der Waals surface area contributed by atoms with Crippen molar-refractivity contribution in [2.24, 2.45) is 4.99 Å². The Kier molecular flexibility index (Phi) is 8.30. The van der Waals surface area contributed by atoms with Gasteiger partial charge in [0.15, 0.2) is 5.96 Å². The van der Waals surface area contributed by atoms with Crippen LogP contribution in [0.25, 0.3) is 0 Å². The summed E-state index contributed by atoms with van der Waals surface area (Å²) in [7, 11) is 0. The summed E-state index contributed by atoms with van der Waals surface area (Å²) in [6.45, 7) is 7.34. The van der Waals surface area contributed by atoms with E-state index in [1.807, 2.05) is 4.90 Å². The van der Waals surface area contributed by atoms with Crippen molar-refractivity contribution in [2.45, 2.75) is 58.7 Å². The van der Waals surface area contributed by atoms with E-state index in [0.29, 0.717) is 25.6 Å². The van der Waals surface area contributed by atoms with Gasteiger partial charge in [-0.3, -0.25) is 4.79 Å². The third-order valence-electron chi connectivity index (χ3n) is 5.42. The van der Waals surface area contributed by atoms with Crippen molar-refractivity contribution in [3.63, 3.8) is 0 Å². The molecule has 160 valence electrons. The van der Waals surface area contributed by atoms with Gasteiger partial charge in [-0.1, -0.05) is 54.6 Å². The maximum Gasteiger partial charge on any atom is 0.222 e. The normalized spacial score (nSPS) is 15.3. The van der Waals surface area contributed by atoms with Crippen LogP contribution in [0.5, 0.6) is 0 Å². The zero-order valence-corrected chi connectivity index (χ0v) is 18.2. The molecule has 1 fully saturated rings. The summed E-state index contributed by atoms with van der Waals surface area (Å²) < 4.78 is 0. The highest BCUT2D eigenvalue weighted by atomic mass is 16.2. The first kappa shape index (κ1) is 21.9. The Morgan fingerprint density at radius 2 is 1.80 bits per heavy atom. The number of rotatable bonds is 9. The number of amides is 1. The molecule has 0 bridgehead atoms. The first-order valence-electron chi connectivity index (χ1n) is 11.1. The summed E-state index contributed by atoms with van der Waals surface area (Å²) in [4.78, 5) is 18.5. The number of hydrogen-bond acceptors (Lipinski definition) is 2. The van der Waals surface area contributed by atoms with Gasteiger partial charge >= 0.3 is 0 Å². The number of nitrogens with one attached hydrogen (secondary N) is 2. The Balaban J connectivity index is 1.50. The SMILES string of the molecule is CCNC(=NCc1ccc(CN2CCCC2=O)cc1)NC(C)CCc1ccccc1. The molecule has 0 spiro atoms. The smallest absolute Gasteiger partial charge is 0.222 e. The molecule has 30 heavy (non-hydrogen) atoms. The van der Waals surface area contributed by atoms with Crippen LogP contribution in [0.4, 0.5) is 0 Å². The highest BCUT2D eigenvalue weighted by Gasteiger charge is 2.19. The van der Waals surface area contributed by atoms with E-state index in [0.717, 1.165) is 38.3 Å². The Morgan fingerprint density at radius 3 is 2.47 bits per heavy atom. The van der Waals surface area contributed by atoms with Crippen molar-refractivity contribution in [1.29, 1.82) is 0 Å². The lowest BCUT2D eigenvalue weighted by Crippen LogP contribution is -2.42. The third-order valence-corrected chi connectivity index (χ3v) is 5.42. The predicted octanol–water partition coefficient (Wildman–Crippen LogP) is 3.89. The molecule has 1 aliphatic heterocycles. The number of aliphatic imine (C=N–C) groups is 1. The van der Waals surface area contributed by atoms with Crippen molar-refractivity contribution < 1.29 is 4.79 Å². The number of guanidine groups is 1. The fourth-order valence-electron chi connectivity index (χ4n) is 3.67. The molecule has 0 saturated carbocycles. The molecule has 2 aromatic rings. The van der Waals surface area contributed by atoms with E-state index < -0.39 is 0 Å². The van der Waals surface area contributed by atoms with Crippen LogP contribution in [0, 0.1) is 0 Å². The van der Waals surface area contributed by atoms with Gasteiger partial charge in [0.2, 0.25) is 5.91 Å². The van der Waals surface area contributed by atoms with Gasteiger partial charge < -0.3 is 15.5 Å². The van der Waals surface area contributed by atoms with E-state index >= 15 is 0 Å². The number of likely N-dealkylation sites (tertiary alicyclic amines) is 1. The number of nitrogens with zero attached hydrogens (tertiary/aromatic N) is 2. The highest BCUT2D eigenvalue weighted by molar-refractivity contribution is 5.80. The van der Waals surface area contributed by atoms with Gasteiger partial charge in [0.05, 0.1) is 6.54 Å². The van der Waals surface area contributed by atoms with Crippen LogP contribution in [0.1, 0.15) is 49.8 Å². The molecule has 1 amide bonds. The summed E-state index contributed by atoms with van der Waals surface area (Å²) in [5, 5.41) is 6.86. The van der Waals surface area contributed by atoms with Crippen LogP contribution in [0.3, 0.4) is 0 Å². The van der Waals surface area contributed by atoms with E-state index in [2.05, 4.69) is 79.1 Å². The minimum Gasteiger partial charge on any atom is -0.357 e. The van der Waals surface area contributed by atoms with Crippen molar-refractivity contribution in [3.8, 4) is 0 Å². The molecule has 1 atom stereocenters. The summed E-state index contributed by atoms with van der Waals surface area (Å²) in [5.74, 6) is 1.12. The minimum absolute atomic E-state index is 0.270. The monoisotopic (exact) mass is 406 g/mol. The van der Waals surface area contributed by atoms with Crippen LogP contribution < -0.4 is 10.6 Å². The molecule has 5 heteroatoms. The molecule has 3 rings (SSSR count). The van der Waals surface area contributed by atoms with E-state index in [4.69, 9.17) is 4.99 Å². The second-order valence-electron chi connectivity index (χ2n) is 8.00. The van der Waals surface area contributed by atoms with Gasteiger partial charge in [-0.25, -0.2) is 4.99 Å². The minimum atomic E-state index is 0.270. The molecule has 1 heterocycles. The van der Waals surface area contributed by atoms with Crippen molar-refractivity contribution >= 4 is 11.9 Å². The Bertz CT molecular complexity index is 817. The van der Waals surface area contributed by atoms with Crippen LogP contribution in [0.2, 0.25) is 0 Å². The number of carbonyl (C=O) groups excluding carboxylic acids is 1. The first-order chi connectivity index (χ1) is 14.6.